The summed E-state index contributed by atoms with van der Waals surface area (Å²) in [5, 5.41) is 10.4. The van der Waals surface area contributed by atoms with E-state index >= 15 is 0 Å². The van der Waals surface area contributed by atoms with Gasteiger partial charge in [0.15, 0.2) is 5.65 Å². The largest absolute Gasteiger partial charge is 0.373 e. The Balaban J connectivity index is 1.67. The van der Waals surface area contributed by atoms with E-state index in [4.69, 9.17) is 10.5 Å². The first-order valence-electron chi connectivity index (χ1n) is 8.59. The Bertz CT molecular complexity index is 980. The first-order valence-corrected chi connectivity index (χ1v) is 8.59. The van der Waals surface area contributed by atoms with E-state index in [0.717, 1.165) is 25.4 Å². The average Bonchev–Trinajstić information content (AvgIpc) is 3.12. The number of hydrogen-bond acceptors (Lipinski definition) is 8. The van der Waals surface area contributed by atoms with Crippen molar-refractivity contribution in [3.8, 4) is 0 Å². The van der Waals surface area contributed by atoms with Crippen LogP contribution in [0.3, 0.4) is 0 Å². The van der Waals surface area contributed by atoms with E-state index in [0.29, 0.717) is 29.8 Å². The van der Waals surface area contributed by atoms with Gasteiger partial charge in [-0.15, -0.1) is 0 Å². The number of nitrogens with two attached hydrogens (primary N) is 1. The van der Waals surface area contributed by atoms with Gasteiger partial charge >= 0.3 is 0 Å². The molecule has 0 bridgehead atoms. The number of ether oxygens (including phenoxy) is 1. The highest BCUT2D eigenvalue weighted by Gasteiger charge is 2.16. The number of carbonyl (C=O) groups excluding carboxylic acids is 1. The highest BCUT2D eigenvalue weighted by Crippen LogP contribution is 2.23. The van der Waals surface area contributed by atoms with Crippen LogP contribution < -0.4 is 21.3 Å². The van der Waals surface area contributed by atoms with Gasteiger partial charge in [0.1, 0.15) is 35.6 Å². The molecule has 140 valence electrons. The lowest BCUT2D eigenvalue weighted by Crippen LogP contribution is -2.33. The summed E-state index contributed by atoms with van der Waals surface area (Å²) in [6, 6.07) is 7.50. The molecule has 4 rings (SSSR count). The minimum atomic E-state index is -0.582. The van der Waals surface area contributed by atoms with Crippen LogP contribution in [-0.2, 0) is 4.74 Å². The van der Waals surface area contributed by atoms with Crippen LogP contribution in [0.5, 0.6) is 0 Å². The molecular weight excluding hydrogens is 348 g/mol. The van der Waals surface area contributed by atoms with Crippen molar-refractivity contribution in [1.82, 2.24) is 19.6 Å². The molecule has 27 heavy (non-hydrogen) atoms. The number of anilines is 4. The summed E-state index contributed by atoms with van der Waals surface area (Å²) < 4.78 is 7.02. The zero-order valence-electron chi connectivity index (χ0n) is 14.8. The molecular formula is C17H20N8O2. The Morgan fingerprint density at radius 1 is 1.30 bits per heavy atom. The molecule has 1 fully saturated rings. The van der Waals surface area contributed by atoms with E-state index in [-0.39, 0.29) is 5.56 Å². The Labute approximate surface area is 155 Å². The van der Waals surface area contributed by atoms with E-state index in [2.05, 4.69) is 30.6 Å². The van der Waals surface area contributed by atoms with E-state index in [1.54, 1.807) is 13.1 Å². The van der Waals surface area contributed by atoms with Crippen molar-refractivity contribution >= 4 is 34.8 Å². The Hall–Kier alpha value is -3.40. The molecule has 1 amide bonds. The third kappa shape index (κ3) is 3.34. The standard InChI is InChI=1S/C17H20N8O2/c1-19-15-8-13(23-17-11(16(18)26)9-20-25(15)17)21-12-4-2-5-14(22-12)24-6-3-7-27-10-24/h2,4-5,8-9,19H,3,6-7,10H2,1H3,(H2,18,26)(H,21,22,23). The van der Waals surface area contributed by atoms with Crippen molar-refractivity contribution in [2.45, 2.75) is 6.42 Å². The van der Waals surface area contributed by atoms with Crippen LogP contribution in [0, 0.1) is 0 Å². The summed E-state index contributed by atoms with van der Waals surface area (Å²) in [6.07, 6.45) is 2.38. The summed E-state index contributed by atoms with van der Waals surface area (Å²) >= 11 is 0. The van der Waals surface area contributed by atoms with Gasteiger partial charge in [-0.3, -0.25) is 4.79 Å². The maximum atomic E-state index is 11.6. The van der Waals surface area contributed by atoms with Gasteiger partial charge in [0.05, 0.1) is 12.8 Å². The summed E-state index contributed by atoms with van der Waals surface area (Å²) in [4.78, 5) is 22.8. The molecule has 1 aliphatic heterocycles. The molecule has 0 atom stereocenters. The Morgan fingerprint density at radius 2 is 2.19 bits per heavy atom. The van der Waals surface area contributed by atoms with E-state index in [9.17, 15) is 4.79 Å². The SMILES string of the molecule is CNc1cc(Nc2cccc(N3CCCOC3)n2)nc2c(C(N)=O)cnn12. The van der Waals surface area contributed by atoms with Gasteiger partial charge in [0.2, 0.25) is 0 Å². The number of rotatable bonds is 5. The molecule has 4 N–H and O–H groups in total. The van der Waals surface area contributed by atoms with Crippen molar-refractivity contribution < 1.29 is 9.53 Å². The van der Waals surface area contributed by atoms with Gasteiger partial charge in [0.25, 0.3) is 5.91 Å². The van der Waals surface area contributed by atoms with Crippen LogP contribution in [0.2, 0.25) is 0 Å². The lowest BCUT2D eigenvalue weighted by molar-refractivity contribution is 0.100. The zero-order valence-corrected chi connectivity index (χ0v) is 14.8. The van der Waals surface area contributed by atoms with Gasteiger partial charge in [-0.1, -0.05) is 6.07 Å². The second kappa shape index (κ2) is 7.08. The monoisotopic (exact) mass is 368 g/mol. The predicted octanol–water partition coefficient (Wildman–Crippen LogP) is 1.19. The maximum Gasteiger partial charge on any atom is 0.254 e. The Kier molecular flexibility index (Phi) is 4.47. The molecule has 10 nitrogen and oxygen atoms in total. The van der Waals surface area contributed by atoms with Crippen molar-refractivity contribution in [1.29, 1.82) is 0 Å². The molecule has 0 radical (unpaired) electrons. The molecule has 1 aliphatic rings. The van der Waals surface area contributed by atoms with Gasteiger partial charge in [-0.25, -0.2) is 9.97 Å². The molecule has 0 aromatic carbocycles. The maximum absolute atomic E-state index is 11.6. The van der Waals surface area contributed by atoms with Gasteiger partial charge in [-0.05, 0) is 18.6 Å². The molecule has 10 heteroatoms. The number of nitrogens with one attached hydrogen (secondary N) is 2. The third-order valence-corrected chi connectivity index (χ3v) is 4.27. The number of carbonyl (C=O) groups is 1. The van der Waals surface area contributed by atoms with Crippen molar-refractivity contribution in [2.24, 2.45) is 5.73 Å². The second-order valence-corrected chi connectivity index (χ2v) is 6.09. The highest BCUT2D eigenvalue weighted by molar-refractivity contribution is 5.98. The fraction of sp³-hybridized carbons (Fsp3) is 0.294. The Morgan fingerprint density at radius 3 is 2.93 bits per heavy atom. The van der Waals surface area contributed by atoms with Crippen LogP contribution in [0.1, 0.15) is 16.8 Å². The number of amides is 1. The molecule has 0 spiro atoms. The van der Waals surface area contributed by atoms with E-state index < -0.39 is 5.91 Å². The fourth-order valence-corrected chi connectivity index (χ4v) is 2.96. The molecule has 4 heterocycles. The lowest BCUT2D eigenvalue weighted by atomic mass is 10.3. The number of aromatic nitrogens is 4. The minimum Gasteiger partial charge on any atom is -0.373 e. The summed E-state index contributed by atoms with van der Waals surface area (Å²) in [6.45, 7) is 2.21. The van der Waals surface area contributed by atoms with Gasteiger partial charge < -0.3 is 26.0 Å². The van der Waals surface area contributed by atoms with Crippen LogP contribution in [0.4, 0.5) is 23.3 Å². The highest BCUT2D eigenvalue weighted by atomic mass is 16.5. The average molecular weight is 368 g/mol. The van der Waals surface area contributed by atoms with Crippen molar-refractivity contribution in [3.63, 3.8) is 0 Å². The molecule has 0 aliphatic carbocycles. The van der Waals surface area contributed by atoms with Crippen LogP contribution >= 0.6 is 0 Å². The molecule has 0 unspecified atom stereocenters. The fourth-order valence-electron chi connectivity index (χ4n) is 2.96. The smallest absolute Gasteiger partial charge is 0.254 e. The number of nitrogens with zero attached hydrogens (tertiary/aromatic N) is 5. The van der Waals surface area contributed by atoms with E-state index in [1.165, 1.54) is 10.7 Å². The first kappa shape index (κ1) is 17.0. The van der Waals surface area contributed by atoms with Gasteiger partial charge in [-0.2, -0.15) is 9.61 Å². The van der Waals surface area contributed by atoms with E-state index in [1.807, 2.05) is 18.2 Å². The molecule has 3 aromatic rings. The van der Waals surface area contributed by atoms with Crippen molar-refractivity contribution in [2.75, 3.05) is 42.5 Å². The first-order chi connectivity index (χ1) is 13.2. The number of fused-ring (bicyclic) bond motifs is 1. The summed E-state index contributed by atoms with van der Waals surface area (Å²) in [7, 11) is 1.76. The molecule has 3 aromatic heterocycles. The number of pyridine rings is 1. The van der Waals surface area contributed by atoms with Gasteiger partial charge in [0, 0.05) is 19.7 Å². The summed E-state index contributed by atoms with van der Waals surface area (Å²) in [5.74, 6) is 2.07. The molecule has 0 saturated carbocycles. The number of primary amides is 1. The summed E-state index contributed by atoms with van der Waals surface area (Å²) in [5.41, 5.74) is 6.04. The second-order valence-electron chi connectivity index (χ2n) is 6.09. The van der Waals surface area contributed by atoms with Crippen LogP contribution in [0.25, 0.3) is 5.65 Å². The number of hydrogen-bond donors (Lipinski definition) is 3. The minimum absolute atomic E-state index is 0.252. The normalized spacial score (nSPS) is 14.3. The topological polar surface area (TPSA) is 123 Å². The third-order valence-electron chi connectivity index (χ3n) is 4.27. The molecule has 1 saturated heterocycles. The zero-order chi connectivity index (χ0) is 18.8. The van der Waals surface area contributed by atoms with Crippen molar-refractivity contribution in [3.05, 3.63) is 36.0 Å². The quantitative estimate of drug-likeness (QED) is 0.614. The lowest BCUT2D eigenvalue weighted by Gasteiger charge is -2.27. The predicted molar refractivity (Wildman–Crippen MR) is 101 cm³/mol. The van der Waals surface area contributed by atoms with Crippen LogP contribution in [0.15, 0.2) is 30.5 Å². The van der Waals surface area contributed by atoms with Crippen LogP contribution in [-0.4, -0.2) is 52.4 Å².